The summed E-state index contributed by atoms with van der Waals surface area (Å²) in [7, 11) is 1.41. The Labute approximate surface area is 125 Å². The second-order valence-electron chi connectivity index (χ2n) is 5.93. The molecule has 8 heteroatoms. The molecular weight excluding hydrogens is 311 g/mol. The van der Waals surface area contributed by atoms with E-state index >= 15 is 0 Å². The van der Waals surface area contributed by atoms with Gasteiger partial charge in [-0.2, -0.15) is 13.2 Å². The molecule has 2 bridgehead atoms. The van der Waals surface area contributed by atoms with Gasteiger partial charge in [-0.3, -0.25) is 4.79 Å². The van der Waals surface area contributed by atoms with Crippen LogP contribution < -0.4 is 0 Å². The van der Waals surface area contributed by atoms with Crippen molar-refractivity contribution in [1.29, 1.82) is 0 Å². The normalized spacial score (nSPS) is 33.9. The number of alkyl halides is 5. The van der Waals surface area contributed by atoms with Crippen molar-refractivity contribution in [1.82, 2.24) is 0 Å². The minimum atomic E-state index is -5.24. The molecule has 2 aliphatic carbocycles. The summed E-state index contributed by atoms with van der Waals surface area (Å²) in [5.74, 6) is -6.72. The SMILES string of the molecule is CCC(C)C(=O)OC.OC1(C(F)(F)F)C2CCC(C2)C1(F)F. The number of carbonyl (C=O) groups excluding carboxylic acids is 1. The predicted octanol–water partition coefficient (Wildman–Crippen LogP) is 3.55. The van der Waals surface area contributed by atoms with Crippen molar-refractivity contribution in [3.05, 3.63) is 0 Å². The van der Waals surface area contributed by atoms with Gasteiger partial charge in [-0.1, -0.05) is 13.8 Å². The van der Waals surface area contributed by atoms with E-state index in [0.29, 0.717) is 0 Å². The minimum Gasteiger partial charge on any atom is -0.469 e. The van der Waals surface area contributed by atoms with Gasteiger partial charge in [-0.25, -0.2) is 8.78 Å². The Morgan fingerprint density at radius 2 is 1.82 bits per heavy atom. The molecule has 2 fully saturated rings. The van der Waals surface area contributed by atoms with Gasteiger partial charge in [-0.05, 0) is 25.7 Å². The van der Waals surface area contributed by atoms with Crippen molar-refractivity contribution in [2.75, 3.05) is 7.11 Å². The molecule has 3 nitrogen and oxygen atoms in total. The maximum absolute atomic E-state index is 13.2. The lowest BCUT2D eigenvalue weighted by atomic mass is 9.80. The Kier molecular flexibility index (Phi) is 5.47. The van der Waals surface area contributed by atoms with Crippen LogP contribution in [-0.4, -0.2) is 35.9 Å². The van der Waals surface area contributed by atoms with Gasteiger partial charge in [0.1, 0.15) is 0 Å². The third kappa shape index (κ3) is 2.94. The Balaban J connectivity index is 0.000000261. The maximum atomic E-state index is 13.2. The summed E-state index contributed by atoms with van der Waals surface area (Å²) in [6.45, 7) is 3.81. The van der Waals surface area contributed by atoms with Crippen LogP contribution in [0.4, 0.5) is 22.0 Å². The van der Waals surface area contributed by atoms with Gasteiger partial charge in [0.2, 0.25) is 5.60 Å². The molecule has 2 rings (SSSR count). The van der Waals surface area contributed by atoms with Crippen LogP contribution in [0.15, 0.2) is 0 Å². The van der Waals surface area contributed by atoms with Crippen molar-refractivity contribution in [2.24, 2.45) is 17.8 Å². The fourth-order valence-electron chi connectivity index (χ4n) is 3.06. The number of esters is 1. The fraction of sp³-hybridized carbons (Fsp3) is 0.929. The van der Waals surface area contributed by atoms with Crippen LogP contribution >= 0.6 is 0 Å². The number of aliphatic hydroxyl groups is 1. The van der Waals surface area contributed by atoms with E-state index < -0.39 is 29.5 Å². The highest BCUT2D eigenvalue weighted by molar-refractivity contribution is 5.71. The smallest absolute Gasteiger partial charge is 0.423 e. The highest BCUT2D eigenvalue weighted by atomic mass is 19.4. The molecule has 4 atom stereocenters. The molecule has 0 aromatic rings. The van der Waals surface area contributed by atoms with Crippen molar-refractivity contribution in [3.8, 4) is 0 Å². The van der Waals surface area contributed by atoms with Gasteiger partial charge in [-0.15, -0.1) is 0 Å². The molecule has 0 saturated heterocycles. The van der Waals surface area contributed by atoms with Gasteiger partial charge < -0.3 is 9.84 Å². The summed E-state index contributed by atoms with van der Waals surface area (Å²) in [6, 6.07) is 0. The minimum absolute atomic E-state index is 0.0380. The summed E-state index contributed by atoms with van der Waals surface area (Å²) in [6.07, 6.45) is -4.49. The quantitative estimate of drug-likeness (QED) is 0.621. The van der Waals surface area contributed by atoms with Gasteiger partial charge in [0.15, 0.2) is 0 Å². The zero-order valence-corrected chi connectivity index (χ0v) is 12.7. The average molecular weight is 332 g/mol. The van der Waals surface area contributed by atoms with Crippen LogP contribution in [0.5, 0.6) is 0 Å². The molecular formula is C14H21F5O3. The van der Waals surface area contributed by atoms with E-state index in [4.69, 9.17) is 0 Å². The molecule has 22 heavy (non-hydrogen) atoms. The second-order valence-corrected chi connectivity index (χ2v) is 5.93. The molecule has 0 radical (unpaired) electrons. The first kappa shape index (κ1) is 19.1. The van der Waals surface area contributed by atoms with Gasteiger partial charge in [0, 0.05) is 11.8 Å². The molecule has 2 saturated carbocycles. The van der Waals surface area contributed by atoms with Gasteiger partial charge in [0.25, 0.3) is 5.92 Å². The van der Waals surface area contributed by atoms with Crippen LogP contribution in [0.25, 0.3) is 0 Å². The average Bonchev–Trinajstić information content (AvgIpc) is 2.99. The highest BCUT2D eigenvalue weighted by Crippen LogP contribution is 2.64. The number of rotatable bonds is 2. The number of fused-ring (bicyclic) bond motifs is 2. The standard InChI is InChI=1S/C8H9F5O.C6H12O2/c9-7(10)5-2-1-4(3-5)6(7,14)8(11,12)13;1-4-5(2)6(7)8-3/h4-5,14H,1-3H2;5H,4H2,1-3H3. The van der Waals surface area contributed by atoms with Crippen LogP contribution in [-0.2, 0) is 9.53 Å². The van der Waals surface area contributed by atoms with Gasteiger partial charge >= 0.3 is 12.1 Å². The molecule has 2 aliphatic rings. The monoisotopic (exact) mass is 332 g/mol. The Morgan fingerprint density at radius 3 is 2.05 bits per heavy atom. The zero-order chi connectivity index (χ0) is 17.3. The van der Waals surface area contributed by atoms with E-state index in [2.05, 4.69) is 4.74 Å². The van der Waals surface area contributed by atoms with E-state index in [1.807, 2.05) is 13.8 Å². The molecule has 130 valence electrons. The maximum Gasteiger partial charge on any atom is 0.423 e. The summed E-state index contributed by atoms with van der Waals surface area (Å²) >= 11 is 0. The summed E-state index contributed by atoms with van der Waals surface area (Å²) in [5, 5.41) is 9.17. The van der Waals surface area contributed by atoms with Crippen LogP contribution in [0.3, 0.4) is 0 Å². The molecule has 1 N–H and O–H groups in total. The summed E-state index contributed by atoms with van der Waals surface area (Å²) in [5.41, 5.74) is -3.79. The number of carbonyl (C=O) groups is 1. The fourth-order valence-corrected chi connectivity index (χ4v) is 3.06. The lowest BCUT2D eigenvalue weighted by molar-refractivity contribution is -0.346. The van der Waals surface area contributed by atoms with Crippen LogP contribution in [0.2, 0.25) is 0 Å². The third-order valence-electron chi connectivity index (χ3n) is 4.69. The molecule has 0 amide bonds. The number of methoxy groups -OCH3 is 1. The Morgan fingerprint density at radius 1 is 1.32 bits per heavy atom. The molecule has 4 unspecified atom stereocenters. The molecule has 0 aromatic carbocycles. The second kappa shape index (κ2) is 6.29. The molecule has 0 aliphatic heterocycles. The summed E-state index contributed by atoms with van der Waals surface area (Å²) < 4.78 is 68.0. The van der Waals surface area contributed by atoms with E-state index in [9.17, 15) is 31.9 Å². The predicted molar refractivity (Wildman–Crippen MR) is 68.3 cm³/mol. The van der Waals surface area contributed by atoms with Crippen LogP contribution in [0, 0.1) is 17.8 Å². The van der Waals surface area contributed by atoms with Crippen molar-refractivity contribution >= 4 is 5.97 Å². The first-order valence-corrected chi connectivity index (χ1v) is 7.18. The van der Waals surface area contributed by atoms with Crippen molar-refractivity contribution in [3.63, 3.8) is 0 Å². The molecule has 0 spiro atoms. The van der Waals surface area contributed by atoms with E-state index in [-0.39, 0.29) is 31.1 Å². The number of hydrogen-bond donors (Lipinski definition) is 1. The summed E-state index contributed by atoms with van der Waals surface area (Å²) in [4.78, 5) is 10.5. The van der Waals surface area contributed by atoms with E-state index in [1.54, 1.807) is 0 Å². The zero-order valence-electron chi connectivity index (χ0n) is 12.7. The Hall–Kier alpha value is -0.920. The van der Waals surface area contributed by atoms with Crippen LogP contribution in [0.1, 0.15) is 39.5 Å². The number of ether oxygens (including phenoxy) is 1. The van der Waals surface area contributed by atoms with E-state index in [1.165, 1.54) is 7.11 Å². The highest BCUT2D eigenvalue weighted by Gasteiger charge is 2.80. The van der Waals surface area contributed by atoms with Crippen molar-refractivity contribution < 1.29 is 36.6 Å². The molecule has 0 aromatic heterocycles. The first-order chi connectivity index (χ1) is 9.93. The van der Waals surface area contributed by atoms with E-state index in [0.717, 1.165) is 6.42 Å². The van der Waals surface area contributed by atoms with Crippen molar-refractivity contribution in [2.45, 2.75) is 57.2 Å². The van der Waals surface area contributed by atoms with Gasteiger partial charge in [0.05, 0.1) is 13.0 Å². The lowest BCUT2D eigenvalue weighted by Crippen LogP contribution is -2.62. The number of hydrogen-bond acceptors (Lipinski definition) is 3. The molecule has 0 heterocycles. The third-order valence-corrected chi connectivity index (χ3v) is 4.69. The topological polar surface area (TPSA) is 46.5 Å². The first-order valence-electron chi connectivity index (χ1n) is 7.18. The lowest BCUT2D eigenvalue weighted by Gasteiger charge is -2.40. The number of halogens is 5. The largest absolute Gasteiger partial charge is 0.469 e. The Bertz CT molecular complexity index is 410.